The quantitative estimate of drug-likeness (QED) is 0.217. The van der Waals surface area contributed by atoms with Crippen molar-refractivity contribution in [1.29, 1.82) is 5.41 Å². The highest BCUT2D eigenvalue weighted by atomic mass is 79.9. The Balaban J connectivity index is 2.50. The molecule has 0 aliphatic carbocycles. The average Bonchev–Trinajstić information content (AvgIpc) is 2.34. The van der Waals surface area contributed by atoms with E-state index < -0.39 is 11.8 Å². The van der Waals surface area contributed by atoms with Crippen LogP contribution in [0.4, 0.5) is 4.39 Å². The highest BCUT2D eigenvalue weighted by Gasteiger charge is 2.08. The van der Waals surface area contributed by atoms with Gasteiger partial charge >= 0.3 is 5.97 Å². The minimum absolute atomic E-state index is 0.0488. The molecule has 2 N–H and O–H groups in total. The van der Waals surface area contributed by atoms with Gasteiger partial charge in [-0.25, -0.2) is 14.7 Å². The van der Waals surface area contributed by atoms with Crippen molar-refractivity contribution in [3.05, 3.63) is 46.4 Å². The summed E-state index contributed by atoms with van der Waals surface area (Å²) in [6, 6.07) is 4.26. The fourth-order valence-electron chi connectivity index (χ4n) is 1.12. The Morgan fingerprint density at radius 2 is 2.32 bits per heavy atom. The predicted octanol–water partition coefficient (Wildman–Crippen LogP) is 2.51. The summed E-state index contributed by atoms with van der Waals surface area (Å²) >= 11 is 3.12. The van der Waals surface area contributed by atoms with E-state index in [0.29, 0.717) is 4.47 Å². The van der Waals surface area contributed by atoms with Crippen molar-refractivity contribution in [1.82, 2.24) is 5.48 Å². The van der Waals surface area contributed by atoms with Crippen molar-refractivity contribution < 1.29 is 18.8 Å². The van der Waals surface area contributed by atoms with Crippen LogP contribution >= 0.6 is 15.9 Å². The molecule has 0 atom stereocenters. The normalized spacial score (nSPS) is 10.3. The SMILES string of the molecule is CCOC(=O)C=CONC(=N)c1ccc(Br)cc1F. The molecule has 7 heteroatoms. The highest BCUT2D eigenvalue weighted by molar-refractivity contribution is 9.10. The van der Waals surface area contributed by atoms with E-state index in [1.54, 1.807) is 13.0 Å². The van der Waals surface area contributed by atoms with E-state index in [-0.39, 0.29) is 18.0 Å². The molecule has 0 unspecified atom stereocenters. The summed E-state index contributed by atoms with van der Waals surface area (Å²) in [6.07, 6.45) is 2.06. The minimum Gasteiger partial charge on any atom is -0.463 e. The molecule has 5 nitrogen and oxygen atoms in total. The lowest BCUT2D eigenvalue weighted by molar-refractivity contribution is -0.137. The van der Waals surface area contributed by atoms with Gasteiger partial charge < -0.3 is 9.57 Å². The minimum atomic E-state index is -0.565. The van der Waals surface area contributed by atoms with Crippen molar-refractivity contribution in [2.24, 2.45) is 0 Å². The number of esters is 1. The summed E-state index contributed by atoms with van der Waals surface area (Å²) in [4.78, 5) is 15.6. The Morgan fingerprint density at radius 3 is 2.95 bits per heavy atom. The Morgan fingerprint density at radius 1 is 1.58 bits per heavy atom. The van der Waals surface area contributed by atoms with Crippen LogP contribution in [0.1, 0.15) is 12.5 Å². The number of hydroxylamine groups is 1. The Bertz CT molecular complexity index is 506. The fraction of sp³-hybridized carbons (Fsp3) is 0.167. The number of carbonyl (C=O) groups is 1. The van der Waals surface area contributed by atoms with Gasteiger partial charge in [0, 0.05) is 4.47 Å². The van der Waals surface area contributed by atoms with Crippen LogP contribution in [0.25, 0.3) is 0 Å². The first-order valence-corrected chi connectivity index (χ1v) is 6.12. The molecule has 0 bridgehead atoms. The van der Waals surface area contributed by atoms with E-state index in [4.69, 9.17) is 10.2 Å². The molecule has 0 aliphatic heterocycles. The molecule has 1 aromatic rings. The maximum absolute atomic E-state index is 13.5. The van der Waals surface area contributed by atoms with Crippen LogP contribution in [-0.4, -0.2) is 18.4 Å². The summed E-state index contributed by atoms with van der Waals surface area (Å²) in [7, 11) is 0. The standard InChI is InChI=1S/C12H12BrFN2O3/c1-2-18-11(17)5-6-19-16-12(15)9-4-3-8(13)7-10(9)14/h3-7H,2H2,1H3,(H2,15,16). The number of halogens is 2. The summed E-state index contributed by atoms with van der Waals surface area (Å²) in [5.41, 5.74) is 2.24. The first kappa shape index (κ1) is 15.2. The van der Waals surface area contributed by atoms with E-state index in [2.05, 4.69) is 26.1 Å². The fourth-order valence-corrected chi connectivity index (χ4v) is 1.45. The zero-order valence-corrected chi connectivity index (χ0v) is 11.7. The number of hydrogen-bond acceptors (Lipinski definition) is 4. The molecule has 0 spiro atoms. The predicted molar refractivity (Wildman–Crippen MR) is 70.9 cm³/mol. The second-order valence-electron chi connectivity index (χ2n) is 3.27. The smallest absolute Gasteiger partial charge is 0.333 e. The molecule has 0 aromatic heterocycles. The molecule has 0 aliphatic rings. The topological polar surface area (TPSA) is 71.4 Å². The highest BCUT2D eigenvalue weighted by Crippen LogP contribution is 2.15. The van der Waals surface area contributed by atoms with E-state index in [9.17, 15) is 9.18 Å². The summed E-state index contributed by atoms with van der Waals surface area (Å²) in [5, 5.41) is 7.57. The number of hydrogen-bond donors (Lipinski definition) is 2. The third kappa shape index (κ3) is 5.09. The molecule has 0 saturated carbocycles. The number of nitrogens with one attached hydrogen (secondary N) is 2. The van der Waals surface area contributed by atoms with Gasteiger partial charge in [-0.05, 0) is 25.1 Å². The monoisotopic (exact) mass is 330 g/mol. The maximum atomic E-state index is 13.5. The molecule has 0 fully saturated rings. The van der Waals surface area contributed by atoms with Crippen LogP contribution < -0.4 is 5.48 Å². The molecule has 0 saturated heterocycles. The van der Waals surface area contributed by atoms with E-state index in [1.165, 1.54) is 12.1 Å². The van der Waals surface area contributed by atoms with Crippen LogP contribution in [0.15, 0.2) is 35.0 Å². The Kier molecular flexibility index (Phi) is 6.01. The van der Waals surface area contributed by atoms with Gasteiger partial charge in [0.1, 0.15) is 12.1 Å². The van der Waals surface area contributed by atoms with Crippen LogP contribution in [0.5, 0.6) is 0 Å². The number of benzene rings is 1. The van der Waals surface area contributed by atoms with Gasteiger partial charge in [-0.15, -0.1) is 0 Å². The van der Waals surface area contributed by atoms with Gasteiger partial charge in [0.05, 0.1) is 18.2 Å². The molecular formula is C12H12BrFN2O3. The number of amidine groups is 1. The lowest BCUT2D eigenvalue weighted by atomic mass is 10.2. The van der Waals surface area contributed by atoms with Crippen molar-refractivity contribution in [2.45, 2.75) is 6.92 Å². The molecule has 1 aromatic carbocycles. The van der Waals surface area contributed by atoms with Gasteiger partial charge in [0.15, 0.2) is 5.84 Å². The number of carbonyl (C=O) groups excluding carboxylic acids is 1. The Labute approximate surface area is 118 Å². The Hall–Kier alpha value is -1.89. The summed E-state index contributed by atoms with van der Waals surface area (Å²) in [5.74, 6) is -1.39. The first-order valence-electron chi connectivity index (χ1n) is 5.33. The molecule has 0 heterocycles. The van der Waals surface area contributed by atoms with Gasteiger partial charge in [-0.3, -0.25) is 5.41 Å². The van der Waals surface area contributed by atoms with E-state index >= 15 is 0 Å². The largest absolute Gasteiger partial charge is 0.463 e. The van der Waals surface area contributed by atoms with Crippen LogP contribution in [-0.2, 0) is 14.4 Å². The van der Waals surface area contributed by atoms with Gasteiger partial charge in [-0.2, -0.15) is 0 Å². The zero-order valence-electron chi connectivity index (χ0n) is 10.1. The number of ether oxygens (including phenoxy) is 1. The molecule has 0 amide bonds. The lowest BCUT2D eigenvalue weighted by Crippen LogP contribution is -2.22. The van der Waals surface area contributed by atoms with E-state index in [1.807, 2.05) is 0 Å². The van der Waals surface area contributed by atoms with Gasteiger partial charge in [-0.1, -0.05) is 15.9 Å². The molecule has 19 heavy (non-hydrogen) atoms. The zero-order chi connectivity index (χ0) is 14.3. The first-order chi connectivity index (χ1) is 9.04. The van der Waals surface area contributed by atoms with Gasteiger partial charge in [0.25, 0.3) is 0 Å². The maximum Gasteiger partial charge on any atom is 0.333 e. The number of rotatable bonds is 5. The molecule has 102 valence electrons. The van der Waals surface area contributed by atoms with Crippen LogP contribution in [0.2, 0.25) is 0 Å². The third-order valence-electron chi connectivity index (χ3n) is 1.92. The summed E-state index contributed by atoms with van der Waals surface area (Å²) < 4.78 is 18.7. The van der Waals surface area contributed by atoms with E-state index in [0.717, 1.165) is 12.3 Å². The summed E-state index contributed by atoms with van der Waals surface area (Å²) in [6.45, 7) is 1.94. The van der Waals surface area contributed by atoms with Crippen molar-refractivity contribution in [2.75, 3.05) is 6.61 Å². The third-order valence-corrected chi connectivity index (χ3v) is 2.41. The van der Waals surface area contributed by atoms with Crippen LogP contribution in [0, 0.1) is 11.2 Å². The molecule has 1 rings (SSSR count). The average molecular weight is 331 g/mol. The van der Waals surface area contributed by atoms with Gasteiger partial charge in [0.2, 0.25) is 0 Å². The van der Waals surface area contributed by atoms with Crippen LogP contribution in [0.3, 0.4) is 0 Å². The van der Waals surface area contributed by atoms with Crippen molar-refractivity contribution in [3.63, 3.8) is 0 Å². The van der Waals surface area contributed by atoms with Crippen molar-refractivity contribution in [3.8, 4) is 0 Å². The molecular weight excluding hydrogens is 319 g/mol. The second-order valence-corrected chi connectivity index (χ2v) is 4.19. The molecule has 0 radical (unpaired) electrons. The van der Waals surface area contributed by atoms with Crippen molar-refractivity contribution >= 4 is 27.7 Å². The second kappa shape index (κ2) is 7.52. The lowest BCUT2D eigenvalue weighted by Gasteiger charge is -2.07.